The molecule has 2 heterocycles. The number of hydrogen-bond acceptors (Lipinski definition) is 4. The SMILES string of the molecule is CC(C)(C)c1nc(-c2csc3c2CCCC3)no1. The Hall–Kier alpha value is -1.16. The van der Waals surface area contributed by atoms with Crippen LogP contribution in [0, 0.1) is 0 Å². The molecule has 96 valence electrons. The highest BCUT2D eigenvalue weighted by molar-refractivity contribution is 7.10. The summed E-state index contributed by atoms with van der Waals surface area (Å²) in [4.78, 5) is 6.07. The maximum atomic E-state index is 5.39. The van der Waals surface area contributed by atoms with Gasteiger partial charge in [0.15, 0.2) is 0 Å². The summed E-state index contributed by atoms with van der Waals surface area (Å²) in [7, 11) is 0. The average molecular weight is 262 g/mol. The summed E-state index contributed by atoms with van der Waals surface area (Å²) < 4.78 is 5.39. The Morgan fingerprint density at radius 2 is 2.00 bits per heavy atom. The number of thiophene rings is 1. The second-order valence-corrected chi connectivity index (χ2v) is 6.90. The van der Waals surface area contributed by atoms with Crippen LogP contribution in [0.1, 0.15) is 49.9 Å². The van der Waals surface area contributed by atoms with Crippen molar-refractivity contribution in [2.75, 3.05) is 0 Å². The molecule has 3 nitrogen and oxygen atoms in total. The van der Waals surface area contributed by atoms with Gasteiger partial charge in [-0.15, -0.1) is 11.3 Å². The Labute approximate surface area is 111 Å². The van der Waals surface area contributed by atoms with Gasteiger partial charge >= 0.3 is 0 Å². The van der Waals surface area contributed by atoms with Crippen LogP contribution in [0.2, 0.25) is 0 Å². The van der Waals surface area contributed by atoms with E-state index in [1.54, 1.807) is 0 Å². The molecule has 0 N–H and O–H groups in total. The second kappa shape index (κ2) is 4.19. The van der Waals surface area contributed by atoms with Crippen molar-refractivity contribution >= 4 is 11.3 Å². The molecule has 0 saturated heterocycles. The van der Waals surface area contributed by atoms with E-state index in [-0.39, 0.29) is 5.41 Å². The third-order valence-corrected chi connectivity index (χ3v) is 4.46. The van der Waals surface area contributed by atoms with Gasteiger partial charge in [-0.3, -0.25) is 0 Å². The van der Waals surface area contributed by atoms with Crippen LogP contribution >= 0.6 is 11.3 Å². The molecule has 2 aromatic heterocycles. The zero-order valence-corrected chi connectivity index (χ0v) is 11.9. The van der Waals surface area contributed by atoms with E-state index in [0.717, 1.165) is 12.2 Å². The Morgan fingerprint density at radius 3 is 2.72 bits per heavy atom. The van der Waals surface area contributed by atoms with E-state index in [2.05, 4.69) is 36.3 Å². The minimum Gasteiger partial charge on any atom is -0.338 e. The number of rotatable bonds is 1. The average Bonchev–Trinajstić information content (AvgIpc) is 2.94. The van der Waals surface area contributed by atoms with Crippen molar-refractivity contribution in [3.05, 3.63) is 21.7 Å². The van der Waals surface area contributed by atoms with Gasteiger partial charge in [-0.05, 0) is 31.2 Å². The highest BCUT2D eigenvalue weighted by atomic mass is 32.1. The van der Waals surface area contributed by atoms with Crippen LogP contribution in [0.4, 0.5) is 0 Å². The first-order valence-electron chi connectivity index (χ1n) is 6.49. The molecule has 0 unspecified atom stereocenters. The first kappa shape index (κ1) is 11.9. The first-order valence-corrected chi connectivity index (χ1v) is 7.37. The Kier molecular flexibility index (Phi) is 2.77. The predicted molar refractivity (Wildman–Crippen MR) is 73.0 cm³/mol. The van der Waals surface area contributed by atoms with E-state index in [1.165, 1.54) is 35.3 Å². The molecule has 0 radical (unpaired) electrons. The van der Waals surface area contributed by atoms with Crippen LogP contribution in [0.25, 0.3) is 11.4 Å². The van der Waals surface area contributed by atoms with Crippen LogP contribution in [0.3, 0.4) is 0 Å². The first-order chi connectivity index (χ1) is 8.55. The van der Waals surface area contributed by atoms with Crippen LogP contribution in [0.15, 0.2) is 9.90 Å². The molecule has 1 aliphatic rings. The van der Waals surface area contributed by atoms with Crippen molar-refractivity contribution in [3.63, 3.8) is 0 Å². The van der Waals surface area contributed by atoms with Gasteiger partial charge in [0.2, 0.25) is 11.7 Å². The lowest BCUT2D eigenvalue weighted by atomic mass is 9.95. The van der Waals surface area contributed by atoms with Gasteiger partial charge in [-0.25, -0.2) is 0 Å². The van der Waals surface area contributed by atoms with Crippen LogP contribution in [-0.4, -0.2) is 10.1 Å². The molecule has 0 aliphatic heterocycles. The molecule has 1 aliphatic carbocycles. The van der Waals surface area contributed by atoms with Gasteiger partial charge in [0.1, 0.15) is 0 Å². The fourth-order valence-corrected chi connectivity index (χ4v) is 3.44. The van der Waals surface area contributed by atoms with Gasteiger partial charge in [0.05, 0.1) is 0 Å². The highest BCUT2D eigenvalue weighted by Crippen LogP contribution is 2.35. The predicted octanol–water partition coefficient (Wildman–Crippen LogP) is 3.97. The zero-order chi connectivity index (χ0) is 12.8. The van der Waals surface area contributed by atoms with E-state index >= 15 is 0 Å². The maximum absolute atomic E-state index is 5.39. The summed E-state index contributed by atoms with van der Waals surface area (Å²) in [5.41, 5.74) is 2.56. The molecule has 0 aromatic carbocycles. The Balaban J connectivity index is 2.00. The third-order valence-electron chi connectivity index (χ3n) is 3.37. The van der Waals surface area contributed by atoms with Crippen LogP contribution in [-0.2, 0) is 18.3 Å². The van der Waals surface area contributed by atoms with Crippen molar-refractivity contribution < 1.29 is 4.52 Å². The van der Waals surface area contributed by atoms with Crippen molar-refractivity contribution in [2.45, 2.75) is 51.9 Å². The molecular formula is C14H18N2OS. The number of aromatic nitrogens is 2. The molecule has 0 amide bonds. The standard InChI is InChI=1S/C14H18N2OS/c1-14(2,3)13-15-12(16-17-13)10-8-18-11-7-5-4-6-9(10)11/h8H,4-7H2,1-3H3. The summed E-state index contributed by atoms with van der Waals surface area (Å²) in [5, 5.41) is 6.34. The van der Waals surface area contributed by atoms with Crippen LogP contribution in [0.5, 0.6) is 0 Å². The van der Waals surface area contributed by atoms with E-state index in [9.17, 15) is 0 Å². The Morgan fingerprint density at radius 1 is 1.22 bits per heavy atom. The Bertz CT molecular complexity index is 563. The summed E-state index contributed by atoms with van der Waals surface area (Å²) in [6.45, 7) is 6.27. The summed E-state index contributed by atoms with van der Waals surface area (Å²) in [6.07, 6.45) is 4.96. The van der Waals surface area contributed by atoms with Crippen molar-refractivity contribution in [2.24, 2.45) is 0 Å². The molecule has 0 saturated carbocycles. The molecule has 3 rings (SSSR count). The summed E-state index contributed by atoms with van der Waals surface area (Å²) in [6, 6.07) is 0. The van der Waals surface area contributed by atoms with Crippen LogP contribution < -0.4 is 0 Å². The molecule has 0 atom stereocenters. The van der Waals surface area contributed by atoms with Gasteiger partial charge in [-0.2, -0.15) is 4.98 Å². The lowest BCUT2D eigenvalue weighted by Crippen LogP contribution is -2.11. The quantitative estimate of drug-likeness (QED) is 0.780. The van der Waals surface area contributed by atoms with E-state index in [0.29, 0.717) is 5.89 Å². The zero-order valence-electron chi connectivity index (χ0n) is 11.1. The molecule has 18 heavy (non-hydrogen) atoms. The topological polar surface area (TPSA) is 38.9 Å². The minimum atomic E-state index is -0.0820. The normalized spacial score (nSPS) is 15.7. The molecule has 0 spiro atoms. The van der Waals surface area contributed by atoms with E-state index < -0.39 is 0 Å². The van der Waals surface area contributed by atoms with Crippen molar-refractivity contribution in [1.82, 2.24) is 10.1 Å². The number of fused-ring (bicyclic) bond motifs is 1. The second-order valence-electron chi connectivity index (χ2n) is 5.93. The minimum absolute atomic E-state index is 0.0820. The van der Waals surface area contributed by atoms with E-state index in [1.807, 2.05) is 11.3 Å². The monoisotopic (exact) mass is 262 g/mol. The van der Waals surface area contributed by atoms with Gasteiger partial charge in [0, 0.05) is 21.2 Å². The third kappa shape index (κ3) is 1.99. The molecule has 2 aromatic rings. The number of hydrogen-bond donors (Lipinski definition) is 0. The number of aryl methyl sites for hydroxylation is 1. The summed E-state index contributed by atoms with van der Waals surface area (Å²) >= 11 is 1.84. The number of nitrogens with zero attached hydrogens (tertiary/aromatic N) is 2. The highest BCUT2D eigenvalue weighted by Gasteiger charge is 2.24. The molecular weight excluding hydrogens is 244 g/mol. The van der Waals surface area contributed by atoms with E-state index in [4.69, 9.17) is 4.52 Å². The molecule has 0 bridgehead atoms. The van der Waals surface area contributed by atoms with Crippen molar-refractivity contribution in [3.8, 4) is 11.4 Å². The fourth-order valence-electron chi connectivity index (χ4n) is 2.32. The van der Waals surface area contributed by atoms with Gasteiger partial charge < -0.3 is 4.52 Å². The van der Waals surface area contributed by atoms with Gasteiger partial charge in [0.25, 0.3) is 0 Å². The molecule has 4 heteroatoms. The lowest BCUT2D eigenvalue weighted by Gasteiger charge is -2.11. The summed E-state index contributed by atoms with van der Waals surface area (Å²) in [5.74, 6) is 1.48. The maximum Gasteiger partial charge on any atom is 0.232 e. The largest absolute Gasteiger partial charge is 0.338 e. The molecule has 0 fully saturated rings. The fraction of sp³-hybridized carbons (Fsp3) is 0.571. The van der Waals surface area contributed by atoms with Crippen molar-refractivity contribution in [1.29, 1.82) is 0 Å². The smallest absolute Gasteiger partial charge is 0.232 e. The van der Waals surface area contributed by atoms with Gasteiger partial charge in [-0.1, -0.05) is 25.9 Å². The lowest BCUT2D eigenvalue weighted by molar-refractivity contribution is 0.321.